The van der Waals surface area contributed by atoms with Gasteiger partial charge in [0.15, 0.2) is 5.82 Å². The lowest BCUT2D eigenvalue weighted by molar-refractivity contribution is 0.0954. The summed E-state index contributed by atoms with van der Waals surface area (Å²) in [6.45, 7) is 4.61. The zero-order valence-corrected chi connectivity index (χ0v) is 11.7. The summed E-state index contributed by atoms with van der Waals surface area (Å²) in [6.07, 6.45) is 2.34. The molecular weight excluding hydrogens is 252 g/mol. The number of carbonyl (C=O) groups is 1. The average molecular weight is 270 g/mol. The smallest absolute Gasteiger partial charge is 0.256 e. The van der Waals surface area contributed by atoms with Crippen molar-refractivity contribution in [3.63, 3.8) is 0 Å². The van der Waals surface area contributed by atoms with Crippen LogP contribution in [0.15, 0.2) is 30.5 Å². The summed E-state index contributed by atoms with van der Waals surface area (Å²) in [5.41, 5.74) is 8.21. The third-order valence-electron chi connectivity index (χ3n) is 2.91. The van der Waals surface area contributed by atoms with Crippen LogP contribution < -0.4 is 11.1 Å². The molecule has 0 fully saturated rings. The number of hydrogen-bond acceptors (Lipinski definition) is 4. The van der Waals surface area contributed by atoms with Crippen molar-refractivity contribution in [2.45, 2.75) is 20.3 Å². The third-order valence-corrected chi connectivity index (χ3v) is 2.91. The molecule has 5 nitrogen and oxygen atoms in total. The van der Waals surface area contributed by atoms with E-state index in [1.807, 2.05) is 38.1 Å². The highest BCUT2D eigenvalue weighted by atomic mass is 16.1. The van der Waals surface area contributed by atoms with Crippen molar-refractivity contribution in [1.82, 2.24) is 15.3 Å². The Morgan fingerprint density at radius 1 is 1.30 bits per heavy atom. The predicted molar refractivity (Wildman–Crippen MR) is 79.2 cm³/mol. The van der Waals surface area contributed by atoms with Crippen LogP contribution in [0, 0.1) is 6.92 Å². The minimum atomic E-state index is -0.236. The van der Waals surface area contributed by atoms with E-state index in [4.69, 9.17) is 5.73 Å². The Morgan fingerprint density at radius 2 is 2.00 bits per heavy atom. The van der Waals surface area contributed by atoms with Crippen LogP contribution in [0.2, 0.25) is 0 Å². The zero-order valence-electron chi connectivity index (χ0n) is 11.7. The quantitative estimate of drug-likeness (QED) is 0.892. The van der Waals surface area contributed by atoms with Crippen LogP contribution in [-0.4, -0.2) is 22.4 Å². The number of anilines is 1. The number of hydrogen-bond donors (Lipinski definition) is 2. The van der Waals surface area contributed by atoms with E-state index in [0.29, 0.717) is 17.9 Å². The van der Waals surface area contributed by atoms with Gasteiger partial charge in [0.05, 0.1) is 5.56 Å². The molecule has 0 unspecified atom stereocenters. The molecule has 5 heteroatoms. The molecule has 1 heterocycles. The molecule has 2 rings (SSSR count). The first kappa shape index (κ1) is 14.0. The lowest BCUT2D eigenvalue weighted by Gasteiger charge is -2.07. The normalized spacial score (nSPS) is 10.3. The van der Waals surface area contributed by atoms with Gasteiger partial charge in [-0.15, -0.1) is 0 Å². The maximum Gasteiger partial charge on any atom is 0.256 e. The molecular formula is C15H18N4O. The average Bonchev–Trinajstić information content (AvgIpc) is 2.45. The second-order valence-electron chi connectivity index (χ2n) is 4.61. The molecule has 3 N–H and O–H groups in total. The maximum absolute atomic E-state index is 11.8. The number of nitrogens with two attached hydrogens (primary N) is 1. The molecule has 0 saturated carbocycles. The molecule has 1 aromatic heterocycles. The van der Waals surface area contributed by atoms with Crippen LogP contribution in [0.1, 0.15) is 29.3 Å². The van der Waals surface area contributed by atoms with Gasteiger partial charge in [-0.1, -0.05) is 36.8 Å². The molecule has 0 aliphatic rings. The van der Waals surface area contributed by atoms with Gasteiger partial charge in [-0.25, -0.2) is 9.97 Å². The van der Waals surface area contributed by atoms with E-state index < -0.39 is 0 Å². The predicted octanol–water partition coefficient (Wildman–Crippen LogP) is 2.17. The molecule has 0 aliphatic carbocycles. The molecule has 104 valence electrons. The number of aromatic nitrogens is 2. The van der Waals surface area contributed by atoms with Gasteiger partial charge in [-0.05, 0) is 13.3 Å². The number of nitrogens with zero attached hydrogens (tertiary/aromatic N) is 2. The topological polar surface area (TPSA) is 80.9 Å². The summed E-state index contributed by atoms with van der Waals surface area (Å²) in [7, 11) is 0. The number of nitrogen functional groups attached to an aromatic ring is 1. The van der Waals surface area contributed by atoms with Crippen LogP contribution in [0.3, 0.4) is 0 Å². The summed E-state index contributed by atoms with van der Waals surface area (Å²) in [5, 5.41) is 2.76. The highest BCUT2D eigenvalue weighted by molar-refractivity contribution is 5.98. The van der Waals surface area contributed by atoms with Crippen LogP contribution in [-0.2, 0) is 0 Å². The standard InChI is InChI=1S/C15H18N4O/c1-3-8-17-15(20)12-9-18-14(19-13(12)16)11-6-4-10(2)5-7-11/h4-7,9H,3,8H2,1-2H3,(H,17,20)(H2,16,18,19). The van der Waals surface area contributed by atoms with Crippen molar-refractivity contribution < 1.29 is 4.79 Å². The van der Waals surface area contributed by atoms with E-state index in [-0.39, 0.29) is 11.7 Å². The Labute approximate surface area is 118 Å². The maximum atomic E-state index is 11.8. The van der Waals surface area contributed by atoms with E-state index in [1.54, 1.807) is 0 Å². The Balaban J connectivity index is 2.25. The second-order valence-corrected chi connectivity index (χ2v) is 4.61. The first-order valence-electron chi connectivity index (χ1n) is 6.59. The van der Waals surface area contributed by atoms with Crippen molar-refractivity contribution >= 4 is 11.7 Å². The highest BCUT2D eigenvalue weighted by Crippen LogP contribution is 2.18. The number of nitrogens with one attached hydrogen (secondary N) is 1. The second kappa shape index (κ2) is 6.14. The van der Waals surface area contributed by atoms with Crippen molar-refractivity contribution in [2.24, 2.45) is 0 Å². The summed E-state index contributed by atoms with van der Waals surface area (Å²) < 4.78 is 0. The molecule has 0 spiro atoms. The summed E-state index contributed by atoms with van der Waals surface area (Å²) in [5.74, 6) is 0.485. The van der Waals surface area contributed by atoms with Gasteiger partial charge in [-0.3, -0.25) is 4.79 Å². The fourth-order valence-electron chi connectivity index (χ4n) is 1.75. The van der Waals surface area contributed by atoms with Crippen LogP contribution in [0.5, 0.6) is 0 Å². The van der Waals surface area contributed by atoms with Gasteiger partial charge in [0.25, 0.3) is 5.91 Å². The first-order valence-corrected chi connectivity index (χ1v) is 6.59. The SMILES string of the molecule is CCCNC(=O)c1cnc(-c2ccc(C)cc2)nc1N. The van der Waals surface area contributed by atoms with Gasteiger partial charge < -0.3 is 11.1 Å². The Bertz CT molecular complexity index is 608. The number of aryl methyl sites for hydroxylation is 1. The number of carbonyl (C=O) groups excluding carboxylic acids is 1. The highest BCUT2D eigenvalue weighted by Gasteiger charge is 2.12. The molecule has 2 aromatic rings. The fourth-order valence-corrected chi connectivity index (χ4v) is 1.75. The van der Waals surface area contributed by atoms with Crippen LogP contribution in [0.25, 0.3) is 11.4 Å². The summed E-state index contributed by atoms with van der Waals surface area (Å²) in [4.78, 5) is 20.3. The van der Waals surface area contributed by atoms with Crippen molar-refractivity contribution in [3.8, 4) is 11.4 Å². The summed E-state index contributed by atoms with van der Waals surface area (Å²) >= 11 is 0. The summed E-state index contributed by atoms with van der Waals surface area (Å²) in [6, 6.07) is 7.83. The fraction of sp³-hybridized carbons (Fsp3) is 0.267. The number of amides is 1. The van der Waals surface area contributed by atoms with Crippen molar-refractivity contribution in [2.75, 3.05) is 12.3 Å². The first-order chi connectivity index (χ1) is 9.61. The lowest BCUT2D eigenvalue weighted by atomic mass is 10.1. The van der Waals surface area contributed by atoms with Gasteiger partial charge in [0.2, 0.25) is 0 Å². The minimum Gasteiger partial charge on any atom is -0.383 e. The van der Waals surface area contributed by atoms with Gasteiger partial charge in [0.1, 0.15) is 5.82 Å². The molecule has 0 aliphatic heterocycles. The number of rotatable bonds is 4. The van der Waals surface area contributed by atoms with Gasteiger partial charge >= 0.3 is 0 Å². The Kier molecular flexibility index (Phi) is 4.30. The van der Waals surface area contributed by atoms with Crippen LogP contribution >= 0.6 is 0 Å². The van der Waals surface area contributed by atoms with Gasteiger partial charge in [0, 0.05) is 18.3 Å². The molecule has 1 aromatic carbocycles. The van der Waals surface area contributed by atoms with Gasteiger partial charge in [-0.2, -0.15) is 0 Å². The van der Waals surface area contributed by atoms with Crippen molar-refractivity contribution in [3.05, 3.63) is 41.6 Å². The monoisotopic (exact) mass is 270 g/mol. The largest absolute Gasteiger partial charge is 0.383 e. The molecule has 0 radical (unpaired) electrons. The Morgan fingerprint density at radius 3 is 2.60 bits per heavy atom. The molecule has 1 amide bonds. The molecule has 0 saturated heterocycles. The molecule has 20 heavy (non-hydrogen) atoms. The Hall–Kier alpha value is -2.43. The van der Waals surface area contributed by atoms with E-state index >= 15 is 0 Å². The zero-order chi connectivity index (χ0) is 14.5. The van der Waals surface area contributed by atoms with E-state index in [2.05, 4.69) is 15.3 Å². The minimum absolute atomic E-state index is 0.198. The lowest BCUT2D eigenvalue weighted by Crippen LogP contribution is -2.25. The third kappa shape index (κ3) is 3.12. The van der Waals surface area contributed by atoms with E-state index in [9.17, 15) is 4.79 Å². The van der Waals surface area contributed by atoms with E-state index in [0.717, 1.165) is 17.5 Å². The molecule has 0 bridgehead atoms. The van der Waals surface area contributed by atoms with Crippen LogP contribution in [0.4, 0.5) is 5.82 Å². The molecule has 0 atom stereocenters. The van der Waals surface area contributed by atoms with E-state index in [1.165, 1.54) is 6.20 Å². The van der Waals surface area contributed by atoms with Crippen molar-refractivity contribution in [1.29, 1.82) is 0 Å². The number of benzene rings is 1.